The lowest BCUT2D eigenvalue weighted by Crippen LogP contribution is -2.56. The summed E-state index contributed by atoms with van der Waals surface area (Å²) in [6.45, 7) is 2.73. The molecule has 0 aliphatic rings. The molecular formula is C17H21N3O5S. The van der Waals surface area contributed by atoms with E-state index in [1.54, 1.807) is 18.3 Å². The summed E-state index contributed by atoms with van der Waals surface area (Å²) in [7, 11) is -2.58. The molecule has 2 aromatic rings. The standard InChI is InChI=1S/C17H21N3O5S/c1-17(2,16(21)19-22)20(12-13-5-4-10-18-11-13)26(23,24)15-8-6-14(25-3)7-9-15/h4-11,22H,12H2,1-3H3,(H,19,21). The zero-order chi connectivity index (χ0) is 19.4. The van der Waals surface area contributed by atoms with Crippen molar-refractivity contribution < 1.29 is 23.2 Å². The van der Waals surface area contributed by atoms with E-state index in [2.05, 4.69) is 4.98 Å². The van der Waals surface area contributed by atoms with Crippen molar-refractivity contribution in [3.05, 3.63) is 54.4 Å². The smallest absolute Gasteiger partial charge is 0.264 e. The van der Waals surface area contributed by atoms with E-state index in [0.717, 1.165) is 4.31 Å². The quantitative estimate of drug-likeness (QED) is 0.558. The molecule has 1 aromatic heterocycles. The van der Waals surface area contributed by atoms with Crippen molar-refractivity contribution in [3.63, 3.8) is 0 Å². The number of sulfonamides is 1. The number of amides is 1. The van der Waals surface area contributed by atoms with Gasteiger partial charge in [-0.3, -0.25) is 15.0 Å². The zero-order valence-corrected chi connectivity index (χ0v) is 15.5. The number of rotatable bonds is 7. The lowest BCUT2D eigenvalue weighted by molar-refractivity contribution is -0.137. The number of benzene rings is 1. The highest BCUT2D eigenvalue weighted by molar-refractivity contribution is 7.89. The van der Waals surface area contributed by atoms with Gasteiger partial charge in [0, 0.05) is 18.9 Å². The maximum atomic E-state index is 13.2. The van der Waals surface area contributed by atoms with E-state index in [0.29, 0.717) is 11.3 Å². The highest BCUT2D eigenvalue weighted by atomic mass is 32.2. The Bertz CT molecular complexity index is 852. The van der Waals surface area contributed by atoms with Gasteiger partial charge in [0.15, 0.2) is 0 Å². The van der Waals surface area contributed by atoms with Crippen LogP contribution in [0, 0.1) is 0 Å². The average molecular weight is 379 g/mol. The van der Waals surface area contributed by atoms with Crippen LogP contribution in [-0.4, -0.2) is 41.5 Å². The molecule has 9 heteroatoms. The van der Waals surface area contributed by atoms with Crippen molar-refractivity contribution in [2.24, 2.45) is 0 Å². The van der Waals surface area contributed by atoms with E-state index >= 15 is 0 Å². The van der Waals surface area contributed by atoms with Gasteiger partial charge >= 0.3 is 0 Å². The predicted octanol–water partition coefficient (Wildman–Crippen LogP) is 1.57. The summed E-state index contributed by atoms with van der Waals surface area (Å²) >= 11 is 0. The number of pyridine rings is 1. The van der Waals surface area contributed by atoms with Gasteiger partial charge in [-0.2, -0.15) is 4.31 Å². The minimum absolute atomic E-state index is 0.000931. The van der Waals surface area contributed by atoms with Crippen LogP contribution in [0.5, 0.6) is 5.75 Å². The Balaban J connectivity index is 2.52. The number of hydrogen-bond donors (Lipinski definition) is 2. The normalized spacial score (nSPS) is 12.0. The maximum Gasteiger partial charge on any atom is 0.264 e. The molecular weight excluding hydrogens is 358 g/mol. The molecule has 0 aliphatic heterocycles. The first kappa shape index (κ1) is 19.8. The molecule has 8 nitrogen and oxygen atoms in total. The number of carbonyl (C=O) groups is 1. The molecule has 2 N–H and O–H groups in total. The van der Waals surface area contributed by atoms with Gasteiger partial charge in [0.1, 0.15) is 11.3 Å². The summed E-state index contributed by atoms with van der Waals surface area (Å²) in [6.07, 6.45) is 3.08. The summed E-state index contributed by atoms with van der Waals surface area (Å²) in [6, 6.07) is 9.22. The number of hydroxylamine groups is 1. The van der Waals surface area contributed by atoms with Gasteiger partial charge < -0.3 is 4.74 Å². The second kappa shape index (κ2) is 7.81. The largest absolute Gasteiger partial charge is 0.497 e. The molecule has 140 valence electrons. The first-order chi connectivity index (χ1) is 12.2. The van der Waals surface area contributed by atoms with Crippen LogP contribution >= 0.6 is 0 Å². The molecule has 1 amide bonds. The first-order valence-electron chi connectivity index (χ1n) is 7.74. The number of nitrogens with one attached hydrogen (secondary N) is 1. The first-order valence-corrected chi connectivity index (χ1v) is 9.18. The molecule has 0 bridgehead atoms. The molecule has 1 aromatic carbocycles. The van der Waals surface area contributed by atoms with E-state index in [9.17, 15) is 13.2 Å². The number of ether oxygens (including phenoxy) is 1. The molecule has 0 unspecified atom stereocenters. The maximum absolute atomic E-state index is 13.2. The van der Waals surface area contributed by atoms with Crippen LogP contribution in [0.3, 0.4) is 0 Å². The van der Waals surface area contributed by atoms with Crippen molar-refractivity contribution in [2.45, 2.75) is 30.8 Å². The van der Waals surface area contributed by atoms with Crippen LogP contribution < -0.4 is 10.2 Å². The second-order valence-corrected chi connectivity index (χ2v) is 7.91. The second-order valence-electron chi connectivity index (χ2n) is 6.05. The molecule has 1 heterocycles. The molecule has 2 rings (SSSR count). The fourth-order valence-electron chi connectivity index (χ4n) is 2.37. The van der Waals surface area contributed by atoms with Crippen molar-refractivity contribution in [1.29, 1.82) is 0 Å². The van der Waals surface area contributed by atoms with E-state index in [4.69, 9.17) is 9.94 Å². The SMILES string of the molecule is COc1ccc(S(=O)(=O)N(Cc2cccnc2)C(C)(C)C(=O)NO)cc1. The Morgan fingerprint density at radius 2 is 1.92 bits per heavy atom. The monoisotopic (exact) mass is 379 g/mol. The molecule has 0 atom stereocenters. The van der Waals surface area contributed by atoms with Gasteiger partial charge in [-0.15, -0.1) is 0 Å². The van der Waals surface area contributed by atoms with Crippen molar-refractivity contribution >= 4 is 15.9 Å². The van der Waals surface area contributed by atoms with Gasteiger partial charge in [0.25, 0.3) is 5.91 Å². The van der Waals surface area contributed by atoms with Crippen LogP contribution in [-0.2, 0) is 21.4 Å². The number of nitrogens with zero attached hydrogens (tertiary/aromatic N) is 2. The number of methoxy groups -OCH3 is 1. The molecule has 0 aliphatic carbocycles. The highest BCUT2D eigenvalue weighted by Gasteiger charge is 2.42. The summed E-state index contributed by atoms with van der Waals surface area (Å²) in [5.41, 5.74) is 0.581. The van der Waals surface area contributed by atoms with Crippen LogP contribution in [0.2, 0.25) is 0 Å². The van der Waals surface area contributed by atoms with Crippen LogP contribution in [0.15, 0.2) is 53.7 Å². The van der Waals surface area contributed by atoms with E-state index in [1.165, 1.54) is 56.9 Å². The molecule has 0 fully saturated rings. The minimum atomic E-state index is -4.06. The Labute approximate surface area is 152 Å². The van der Waals surface area contributed by atoms with Crippen molar-refractivity contribution in [3.8, 4) is 5.75 Å². The zero-order valence-electron chi connectivity index (χ0n) is 14.7. The molecule has 0 saturated heterocycles. The van der Waals surface area contributed by atoms with Crippen LogP contribution in [0.4, 0.5) is 0 Å². The number of carbonyl (C=O) groups excluding carboxylic acids is 1. The van der Waals surface area contributed by atoms with E-state index in [1.807, 2.05) is 0 Å². The average Bonchev–Trinajstić information content (AvgIpc) is 2.65. The lowest BCUT2D eigenvalue weighted by Gasteiger charge is -2.35. The summed E-state index contributed by atoms with van der Waals surface area (Å²) in [4.78, 5) is 16.1. The predicted molar refractivity (Wildman–Crippen MR) is 94.0 cm³/mol. The number of hydrogen-bond acceptors (Lipinski definition) is 6. The van der Waals surface area contributed by atoms with E-state index < -0.39 is 21.5 Å². The third kappa shape index (κ3) is 4.01. The van der Waals surface area contributed by atoms with Gasteiger partial charge in [0.2, 0.25) is 10.0 Å². The van der Waals surface area contributed by atoms with Crippen LogP contribution in [0.1, 0.15) is 19.4 Å². The Kier molecular flexibility index (Phi) is 5.96. The molecule has 0 spiro atoms. The number of aromatic nitrogens is 1. The summed E-state index contributed by atoms with van der Waals surface area (Å²) in [5, 5.41) is 9.04. The third-order valence-electron chi connectivity index (χ3n) is 3.98. The van der Waals surface area contributed by atoms with E-state index in [-0.39, 0.29) is 11.4 Å². The van der Waals surface area contributed by atoms with Gasteiger partial charge in [-0.1, -0.05) is 6.07 Å². The topological polar surface area (TPSA) is 109 Å². The van der Waals surface area contributed by atoms with Crippen LogP contribution in [0.25, 0.3) is 0 Å². The molecule has 26 heavy (non-hydrogen) atoms. The summed E-state index contributed by atoms with van der Waals surface area (Å²) in [5.74, 6) is -0.339. The van der Waals surface area contributed by atoms with Crippen molar-refractivity contribution in [2.75, 3.05) is 7.11 Å². The lowest BCUT2D eigenvalue weighted by atomic mass is 10.0. The fraction of sp³-hybridized carbons (Fsp3) is 0.294. The fourth-order valence-corrected chi connectivity index (χ4v) is 4.10. The molecule has 0 radical (unpaired) electrons. The van der Waals surface area contributed by atoms with Gasteiger partial charge in [-0.25, -0.2) is 13.9 Å². The summed E-state index contributed by atoms with van der Waals surface area (Å²) < 4.78 is 32.5. The van der Waals surface area contributed by atoms with Gasteiger partial charge in [-0.05, 0) is 49.7 Å². The Hall–Kier alpha value is -2.49. The molecule has 0 saturated carbocycles. The highest BCUT2D eigenvalue weighted by Crippen LogP contribution is 2.28. The Morgan fingerprint density at radius 1 is 1.27 bits per heavy atom. The van der Waals surface area contributed by atoms with Gasteiger partial charge in [0.05, 0.1) is 12.0 Å². The third-order valence-corrected chi connectivity index (χ3v) is 6.01. The Morgan fingerprint density at radius 3 is 2.42 bits per heavy atom. The van der Waals surface area contributed by atoms with Crippen molar-refractivity contribution in [1.82, 2.24) is 14.8 Å². The minimum Gasteiger partial charge on any atom is -0.497 e.